The van der Waals surface area contributed by atoms with E-state index in [1.54, 1.807) is 44.7 Å². The van der Waals surface area contributed by atoms with Crippen LogP contribution in [0.15, 0.2) is 61.2 Å². The summed E-state index contributed by atoms with van der Waals surface area (Å²) in [4.78, 5) is 41.9. The average molecular weight is 533 g/mol. The summed E-state index contributed by atoms with van der Waals surface area (Å²) in [5.41, 5.74) is 2.90. The summed E-state index contributed by atoms with van der Waals surface area (Å²) in [5.74, 6) is 1.15. The number of fused-ring (bicyclic) bond motifs is 1. The first kappa shape index (κ1) is 29.2. The lowest BCUT2D eigenvalue weighted by molar-refractivity contribution is -0.127. The van der Waals surface area contributed by atoms with Gasteiger partial charge in [-0.3, -0.25) is 19.6 Å². The molecular weight excluding hydrogens is 496 g/mol. The van der Waals surface area contributed by atoms with Gasteiger partial charge < -0.3 is 24.6 Å². The van der Waals surface area contributed by atoms with Crippen LogP contribution in [0.3, 0.4) is 0 Å². The number of hydrogen-bond donors (Lipinski definition) is 2. The van der Waals surface area contributed by atoms with E-state index in [0.717, 1.165) is 35.4 Å². The van der Waals surface area contributed by atoms with Crippen LogP contribution >= 0.6 is 0 Å². The molecule has 1 fully saturated rings. The number of hydrogen-bond acceptors (Lipinski definition) is 7. The van der Waals surface area contributed by atoms with Gasteiger partial charge in [-0.25, -0.2) is 4.98 Å². The van der Waals surface area contributed by atoms with Crippen LogP contribution in [-0.4, -0.2) is 79.9 Å². The van der Waals surface area contributed by atoms with Crippen molar-refractivity contribution in [3.63, 3.8) is 0 Å². The molecule has 0 radical (unpaired) electrons. The SMILES string of the molecule is CC.CC(=O)N1CCCC1.CN(CCO)C(=O)c1ccc(Oc2ccc3[nH]c(-c4cnccn4)cc3c2)cn1. The van der Waals surface area contributed by atoms with E-state index in [4.69, 9.17) is 9.84 Å². The quantitative estimate of drug-likeness (QED) is 0.374. The van der Waals surface area contributed by atoms with E-state index in [9.17, 15) is 9.59 Å². The highest BCUT2D eigenvalue weighted by molar-refractivity contribution is 5.92. The normalized spacial score (nSPS) is 12.2. The topological polar surface area (TPSA) is 125 Å². The Labute approximate surface area is 228 Å². The monoisotopic (exact) mass is 532 g/mol. The molecular formula is C29H36N6O4. The lowest BCUT2D eigenvalue weighted by Crippen LogP contribution is -2.30. The minimum atomic E-state index is -0.254. The number of nitrogens with zero attached hydrogens (tertiary/aromatic N) is 5. The Morgan fingerprint density at radius 3 is 2.36 bits per heavy atom. The van der Waals surface area contributed by atoms with Crippen LogP contribution in [0.1, 0.15) is 44.1 Å². The van der Waals surface area contributed by atoms with E-state index < -0.39 is 0 Å². The number of nitrogens with one attached hydrogen (secondary N) is 1. The number of benzene rings is 1. The zero-order chi connectivity index (χ0) is 28.2. The molecule has 0 spiro atoms. The standard InChI is InChI=1S/C21H19N5O3.C6H11NO.C2H6/c1-26(8-9-27)21(28)18-5-3-16(12-24-18)29-15-2-4-17-14(10-15)11-19(25-17)20-13-22-6-7-23-20;1-6(8)7-4-2-3-5-7;1-2/h2-7,10-13,25,27H,8-9H2,1H3;2-5H2,1H3;1-2H3. The van der Waals surface area contributed by atoms with E-state index in [-0.39, 0.29) is 25.0 Å². The van der Waals surface area contributed by atoms with E-state index >= 15 is 0 Å². The summed E-state index contributed by atoms with van der Waals surface area (Å²) >= 11 is 0. The largest absolute Gasteiger partial charge is 0.456 e. The maximum Gasteiger partial charge on any atom is 0.272 e. The lowest BCUT2D eigenvalue weighted by atomic mass is 10.2. The Kier molecular flexibility index (Phi) is 10.9. The summed E-state index contributed by atoms with van der Waals surface area (Å²) in [6.07, 6.45) is 8.88. The maximum atomic E-state index is 12.2. The second-order valence-electron chi connectivity index (χ2n) is 8.67. The number of pyridine rings is 1. The van der Waals surface area contributed by atoms with Crippen molar-refractivity contribution in [3.05, 3.63) is 66.9 Å². The minimum Gasteiger partial charge on any atom is -0.456 e. The van der Waals surface area contributed by atoms with Crippen LogP contribution < -0.4 is 4.74 Å². The van der Waals surface area contributed by atoms with Crippen molar-refractivity contribution >= 4 is 22.7 Å². The fraction of sp³-hybridized carbons (Fsp3) is 0.345. The van der Waals surface area contributed by atoms with Gasteiger partial charge in [-0.2, -0.15) is 0 Å². The number of aliphatic hydroxyl groups excluding tert-OH is 1. The van der Waals surface area contributed by atoms with Gasteiger partial charge in [-0.05, 0) is 49.2 Å². The number of aromatic nitrogens is 4. The van der Waals surface area contributed by atoms with Gasteiger partial charge in [0.2, 0.25) is 5.91 Å². The molecule has 206 valence electrons. The molecule has 3 aromatic heterocycles. The summed E-state index contributed by atoms with van der Waals surface area (Å²) in [5, 5.41) is 9.92. The molecule has 1 aliphatic heterocycles. The lowest BCUT2D eigenvalue weighted by Gasteiger charge is -2.15. The van der Waals surface area contributed by atoms with Crippen molar-refractivity contribution in [2.75, 3.05) is 33.3 Å². The maximum absolute atomic E-state index is 12.2. The molecule has 39 heavy (non-hydrogen) atoms. The molecule has 0 unspecified atom stereocenters. The molecule has 4 heterocycles. The van der Waals surface area contributed by atoms with Crippen LogP contribution in [0, 0.1) is 0 Å². The average Bonchev–Trinajstić information content (AvgIpc) is 3.66. The third kappa shape index (κ3) is 8.08. The molecule has 0 atom stereocenters. The van der Waals surface area contributed by atoms with Crippen molar-refractivity contribution in [2.24, 2.45) is 0 Å². The first-order chi connectivity index (χ1) is 18.9. The second kappa shape index (κ2) is 14.6. The van der Waals surface area contributed by atoms with Crippen molar-refractivity contribution in [3.8, 4) is 22.9 Å². The van der Waals surface area contributed by atoms with Gasteiger partial charge >= 0.3 is 0 Å². The number of likely N-dealkylation sites (N-methyl/N-ethyl adjacent to an activating group) is 1. The molecule has 1 aliphatic rings. The number of rotatable bonds is 6. The third-order valence-electron chi connectivity index (χ3n) is 5.96. The fourth-order valence-electron chi connectivity index (χ4n) is 3.93. The van der Waals surface area contributed by atoms with E-state index in [0.29, 0.717) is 17.2 Å². The van der Waals surface area contributed by atoms with E-state index in [2.05, 4.69) is 19.9 Å². The Balaban J connectivity index is 0.000000357. The van der Waals surface area contributed by atoms with Gasteiger partial charge in [-0.1, -0.05) is 13.8 Å². The summed E-state index contributed by atoms with van der Waals surface area (Å²) < 4.78 is 5.87. The molecule has 0 aliphatic carbocycles. The molecule has 10 nitrogen and oxygen atoms in total. The predicted octanol–water partition coefficient (Wildman–Crippen LogP) is 4.53. The zero-order valence-electron chi connectivity index (χ0n) is 22.9. The third-order valence-corrected chi connectivity index (χ3v) is 5.96. The van der Waals surface area contributed by atoms with Crippen LogP contribution in [0.25, 0.3) is 22.3 Å². The Bertz CT molecular complexity index is 1340. The highest BCUT2D eigenvalue weighted by atomic mass is 16.5. The molecule has 0 saturated carbocycles. The van der Waals surface area contributed by atoms with Gasteiger partial charge in [0.25, 0.3) is 5.91 Å². The summed E-state index contributed by atoms with van der Waals surface area (Å²) in [7, 11) is 1.62. The number of carbonyl (C=O) groups is 2. The Morgan fingerprint density at radius 1 is 1.03 bits per heavy atom. The van der Waals surface area contributed by atoms with Crippen molar-refractivity contribution < 1.29 is 19.4 Å². The number of likely N-dealkylation sites (tertiary alicyclic amines) is 1. The Morgan fingerprint density at radius 2 is 1.77 bits per heavy atom. The molecule has 10 heteroatoms. The fourth-order valence-corrected chi connectivity index (χ4v) is 3.93. The second-order valence-corrected chi connectivity index (χ2v) is 8.67. The number of aliphatic hydroxyl groups is 1. The van der Waals surface area contributed by atoms with Crippen LogP contribution in [0.5, 0.6) is 11.5 Å². The molecule has 0 bridgehead atoms. The van der Waals surface area contributed by atoms with Crippen molar-refractivity contribution in [1.82, 2.24) is 29.7 Å². The summed E-state index contributed by atoms with van der Waals surface area (Å²) in [6.45, 7) is 7.76. The number of ether oxygens (including phenoxy) is 1. The van der Waals surface area contributed by atoms with Gasteiger partial charge in [0.05, 0.1) is 24.7 Å². The molecule has 2 N–H and O–H groups in total. The van der Waals surface area contributed by atoms with Crippen molar-refractivity contribution in [1.29, 1.82) is 0 Å². The van der Waals surface area contributed by atoms with Crippen LogP contribution in [-0.2, 0) is 4.79 Å². The predicted molar refractivity (Wildman–Crippen MR) is 151 cm³/mol. The molecule has 4 aromatic rings. The number of aromatic amines is 1. The first-order valence-corrected chi connectivity index (χ1v) is 13.1. The van der Waals surface area contributed by atoms with Gasteiger partial charge in [0.15, 0.2) is 0 Å². The number of amides is 2. The minimum absolute atomic E-state index is 0.0936. The summed E-state index contributed by atoms with van der Waals surface area (Å²) in [6, 6.07) is 11.0. The van der Waals surface area contributed by atoms with E-state index in [1.165, 1.54) is 23.9 Å². The molecule has 1 saturated heterocycles. The smallest absolute Gasteiger partial charge is 0.272 e. The van der Waals surface area contributed by atoms with Gasteiger partial charge in [0, 0.05) is 56.9 Å². The van der Waals surface area contributed by atoms with Crippen LogP contribution in [0.2, 0.25) is 0 Å². The first-order valence-electron chi connectivity index (χ1n) is 13.1. The van der Waals surface area contributed by atoms with E-state index in [1.807, 2.05) is 43.0 Å². The van der Waals surface area contributed by atoms with Gasteiger partial charge in [-0.15, -0.1) is 0 Å². The Hall–Kier alpha value is -4.31. The number of carbonyl (C=O) groups excluding carboxylic acids is 2. The van der Waals surface area contributed by atoms with Crippen LogP contribution in [0.4, 0.5) is 0 Å². The zero-order valence-corrected chi connectivity index (χ0v) is 22.9. The highest BCUT2D eigenvalue weighted by Gasteiger charge is 2.14. The van der Waals surface area contributed by atoms with Gasteiger partial charge in [0.1, 0.15) is 22.9 Å². The molecule has 1 aromatic carbocycles. The number of H-pyrrole nitrogens is 1. The molecule has 5 rings (SSSR count). The van der Waals surface area contributed by atoms with Crippen molar-refractivity contribution in [2.45, 2.75) is 33.6 Å². The highest BCUT2D eigenvalue weighted by Crippen LogP contribution is 2.28. The molecule has 2 amide bonds.